The molecule has 0 saturated carbocycles. The van der Waals surface area contributed by atoms with E-state index in [4.69, 9.17) is 14.3 Å². The summed E-state index contributed by atoms with van der Waals surface area (Å²) in [6.45, 7) is 9.35. The van der Waals surface area contributed by atoms with Crippen LogP contribution in [0.15, 0.2) is 43.5 Å². The number of methoxy groups -OCH3 is 1. The van der Waals surface area contributed by atoms with Crippen molar-refractivity contribution in [2.75, 3.05) is 25.7 Å². The zero-order valence-electron chi connectivity index (χ0n) is 21.3. The lowest BCUT2D eigenvalue weighted by molar-refractivity contribution is -0.156. The summed E-state index contributed by atoms with van der Waals surface area (Å²) in [5, 5.41) is 3.11. The molecule has 0 radical (unpaired) electrons. The van der Waals surface area contributed by atoms with E-state index in [1.54, 1.807) is 36.0 Å². The van der Waals surface area contributed by atoms with Crippen LogP contribution in [0.4, 0.5) is 8.78 Å². The van der Waals surface area contributed by atoms with Gasteiger partial charge in [-0.25, -0.2) is 14.8 Å². The third kappa shape index (κ3) is 6.97. The molecule has 1 aromatic carbocycles. The van der Waals surface area contributed by atoms with Crippen molar-refractivity contribution in [2.24, 2.45) is 5.92 Å². The topological polar surface area (TPSA) is 94.6 Å². The first-order valence-corrected chi connectivity index (χ1v) is 13.5. The van der Waals surface area contributed by atoms with Crippen molar-refractivity contribution in [2.45, 2.75) is 50.3 Å². The molecule has 4 atom stereocenters. The van der Waals surface area contributed by atoms with E-state index >= 15 is 8.78 Å². The van der Waals surface area contributed by atoms with Gasteiger partial charge in [0, 0.05) is 24.9 Å². The van der Waals surface area contributed by atoms with Crippen molar-refractivity contribution in [1.82, 2.24) is 20.8 Å². The fraction of sp³-hybridized carbons (Fsp3) is 0.500. The number of nitrogens with one attached hydrogen (secondary N) is 2. The van der Waals surface area contributed by atoms with Gasteiger partial charge in [-0.1, -0.05) is 19.1 Å². The number of fused-ring (bicyclic) bond motifs is 1. The summed E-state index contributed by atoms with van der Waals surface area (Å²) in [5.74, 6) is -3.07. The number of allylic oxidation sites excluding steroid dienone is 1. The summed E-state index contributed by atoms with van der Waals surface area (Å²) in [5.41, 5.74) is 2.83. The molecule has 2 heterocycles. The third-order valence-electron chi connectivity index (χ3n) is 6.25. The van der Waals surface area contributed by atoms with E-state index in [2.05, 4.69) is 33.9 Å². The highest BCUT2D eigenvalue weighted by Crippen LogP contribution is 2.38. The fourth-order valence-corrected chi connectivity index (χ4v) is 4.69. The predicted octanol–water partition coefficient (Wildman–Crippen LogP) is 4.41. The monoisotopic (exact) mass is 536 g/mol. The quantitative estimate of drug-likeness (QED) is 0.269. The van der Waals surface area contributed by atoms with Crippen LogP contribution in [-0.2, 0) is 15.6 Å². The highest BCUT2D eigenvalue weighted by molar-refractivity contribution is 7.98. The Morgan fingerprint density at radius 3 is 2.78 bits per heavy atom. The molecule has 1 aliphatic rings. The van der Waals surface area contributed by atoms with E-state index in [0.29, 0.717) is 17.7 Å². The minimum absolute atomic E-state index is 0.176. The lowest BCUT2D eigenvalue weighted by atomic mass is 9.95. The summed E-state index contributed by atoms with van der Waals surface area (Å²) < 4.78 is 41.4. The molecular weight excluding hydrogens is 502 g/mol. The van der Waals surface area contributed by atoms with Crippen molar-refractivity contribution >= 4 is 28.8 Å². The molecule has 1 aromatic heterocycles. The Morgan fingerprint density at radius 1 is 1.35 bits per heavy atom. The van der Waals surface area contributed by atoms with E-state index < -0.39 is 36.2 Å². The Hall–Kier alpha value is -2.76. The maximum atomic E-state index is 15.1. The standard InChI is InChI=1S/C26H34F2N4O4S/c1-6-12-26(27,28)23-24(31-20-14-17(34-4)9-10-19(20)30-23)35-21-15-29-22(18(21)8-3)25(33)36-32-16(7-2)11-13-37-5/h6-7,9-10,14,16,18,21-22,29,32H,1-2,8,11-13,15H2,3-5H3/t16-,18-,21+,22+/m1/s1. The minimum Gasteiger partial charge on any atom is -0.497 e. The normalized spacial score (nSPS) is 20.4. The lowest BCUT2D eigenvalue weighted by Crippen LogP contribution is -2.42. The van der Waals surface area contributed by atoms with Gasteiger partial charge in [-0.05, 0) is 37.0 Å². The lowest BCUT2D eigenvalue weighted by Gasteiger charge is -2.25. The first-order valence-electron chi connectivity index (χ1n) is 12.1. The molecular formula is C26H34F2N4O4S. The van der Waals surface area contributed by atoms with Gasteiger partial charge in [-0.15, -0.1) is 18.6 Å². The molecule has 0 spiro atoms. The van der Waals surface area contributed by atoms with Crippen molar-refractivity contribution in [3.05, 3.63) is 49.2 Å². The molecule has 2 N–H and O–H groups in total. The van der Waals surface area contributed by atoms with Gasteiger partial charge in [0.05, 0.1) is 24.2 Å². The first kappa shape index (κ1) is 28.8. The molecule has 1 saturated heterocycles. The van der Waals surface area contributed by atoms with Gasteiger partial charge in [-0.2, -0.15) is 20.5 Å². The number of nitrogens with zero attached hydrogens (tertiary/aromatic N) is 2. The number of carbonyl (C=O) groups excluding carboxylic acids is 1. The van der Waals surface area contributed by atoms with Gasteiger partial charge in [0.2, 0.25) is 5.88 Å². The molecule has 202 valence electrons. The van der Waals surface area contributed by atoms with E-state index in [1.165, 1.54) is 7.11 Å². The average Bonchev–Trinajstić information content (AvgIpc) is 3.30. The number of halogens is 2. The summed E-state index contributed by atoms with van der Waals surface area (Å²) >= 11 is 1.68. The molecule has 2 aromatic rings. The van der Waals surface area contributed by atoms with Gasteiger partial charge in [0.1, 0.15) is 17.9 Å². The molecule has 3 rings (SSSR count). The van der Waals surface area contributed by atoms with Gasteiger partial charge in [0.25, 0.3) is 5.92 Å². The van der Waals surface area contributed by atoms with E-state index in [9.17, 15) is 4.79 Å². The number of benzene rings is 1. The predicted molar refractivity (Wildman–Crippen MR) is 141 cm³/mol. The number of hydroxylamine groups is 1. The van der Waals surface area contributed by atoms with E-state index in [-0.39, 0.29) is 29.9 Å². The molecule has 0 bridgehead atoms. The maximum Gasteiger partial charge on any atom is 0.342 e. The largest absolute Gasteiger partial charge is 0.497 e. The van der Waals surface area contributed by atoms with Crippen molar-refractivity contribution in [3.8, 4) is 11.6 Å². The number of thioether (sulfide) groups is 1. The molecule has 0 amide bonds. The van der Waals surface area contributed by atoms with Crippen LogP contribution in [0.1, 0.15) is 31.9 Å². The second-order valence-electron chi connectivity index (χ2n) is 8.71. The zero-order valence-corrected chi connectivity index (χ0v) is 22.2. The second kappa shape index (κ2) is 13.2. The van der Waals surface area contributed by atoms with E-state index in [0.717, 1.165) is 18.2 Å². The highest BCUT2D eigenvalue weighted by atomic mass is 32.2. The number of aromatic nitrogens is 2. The maximum absolute atomic E-state index is 15.1. The third-order valence-corrected chi connectivity index (χ3v) is 6.89. The summed E-state index contributed by atoms with van der Waals surface area (Å²) in [4.78, 5) is 26.8. The van der Waals surface area contributed by atoms with Crippen molar-refractivity contribution in [1.29, 1.82) is 0 Å². The summed E-state index contributed by atoms with van der Waals surface area (Å²) in [7, 11) is 1.50. The molecule has 1 aliphatic heterocycles. The highest BCUT2D eigenvalue weighted by Gasteiger charge is 2.44. The minimum atomic E-state index is -3.34. The molecule has 37 heavy (non-hydrogen) atoms. The Kier molecular flexibility index (Phi) is 10.2. The molecule has 0 unspecified atom stereocenters. The number of rotatable bonds is 14. The molecule has 1 fully saturated rings. The second-order valence-corrected chi connectivity index (χ2v) is 9.69. The van der Waals surface area contributed by atoms with Crippen LogP contribution in [0.3, 0.4) is 0 Å². The Balaban J connectivity index is 1.83. The molecule has 8 nitrogen and oxygen atoms in total. The van der Waals surface area contributed by atoms with Crippen LogP contribution in [-0.4, -0.2) is 59.8 Å². The molecule has 11 heteroatoms. The van der Waals surface area contributed by atoms with Crippen LogP contribution in [0, 0.1) is 5.92 Å². The van der Waals surface area contributed by atoms with E-state index in [1.807, 2.05) is 13.2 Å². The van der Waals surface area contributed by atoms with Crippen molar-refractivity contribution < 1.29 is 27.9 Å². The van der Waals surface area contributed by atoms with Gasteiger partial charge in [0.15, 0.2) is 5.69 Å². The molecule has 0 aliphatic carbocycles. The van der Waals surface area contributed by atoms with Crippen LogP contribution in [0.5, 0.6) is 11.6 Å². The van der Waals surface area contributed by atoms with Crippen LogP contribution in [0.25, 0.3) is 11.0 Å². The smallest absolute Gasteiger partial charge is 0.342 e. The summed E-state index contributed by atoms with van der Waals surface area (Å²) in [6, 6.07) is 3.94. The van der Waals surface area contributed by atoms with Gasteiger partial charge < -0.3 is 19.6 Å². The number of hydrogen-bond acceptors (Lipinski definition) is 9. The summed E-state index contributed by atoms with van der Waals surface area (Å²) in [6.07, 6.45) is 4.88. The van der Waals surface area contributed by atoms with Crippen LogP contribution in [0.2, 0.25) is 0 Å². The SMILES string of the molecule is C=CCC(F)(F)c1nc2ccc(OC)cc2nc1O[C@H]1CN[C@H](C(=O)ON[C@H](C=C)CCSC)[C@@H]1CC. The van der Waals surface area contributed by atoms with Crippen molar-refractivity contribution in [3.63, 3.8) is 0 Å². The average molecular weight is 537 g/mol. The van der Waals surface area contributed by atoms with Crippen LogP contribution >= 0.6 is 11.8 Å². The van der Waals surface area contributed by atoms with Gasteiger partial charge in [-0.3, -0.25) is 0 Å². The Morgan fingerprint density at radius 2 is 2.14 bits per heavy atom. The zero-order chi connectivity index (χ0) is 27.0. The Bertz CT molecular complexity index is 1100. The number of carbonyl (C=O) groups is 1. The number of hydrogen-bond donors (Lipinski definition) is 2. The first-order chi connectivity index (χ1) is 17.8. The van der Waals surface area contributed by atoms with Crippen LogP contribution < -0.4 is 20.3 Å². The van der Waals surface area contributed by atoms with Gasteiger partial charge >= 0.3 is 5.97 Å². The number of alkyl halides is 2. The number of ether oxygens (including phenoxy) is 2. The fourth-order valence-electron chi connectivity index (χ4n) is 4.20. The Labute approximate surface area is 220 Å².